The summed E-state index contributed by atoms with van der Waals surface area (Å²) in [7, 11) is 1.83. The molecule has 17 heavy (non-hydrogen) atoms. The Bertz CT molecular complexity index is 522. The summed E-state index contributed by atoms with van der Waals surface area (Å²) in [5.74, 6) is -0.180. The Balaban J connectivity index is 2.45. The van der Waals surface area contributed by atoms with Gasteiger partial charge in [0.25, 0.3) is 0 Å². The average molecular weight is 250 g/mol. The van der Waals surface area contributed by atoms with Gasteiger partial charge in [0.15, 0.2) is 0 Å². The summed E-state index contributed by atoms with van der Waals surface area (Å²) in [4.78, 5) is 5.26. The summed E-state index contributed by atoms with van der Waals surface area (Å²) < 4.78 is 13.8. The molecule has 1 aromatic heterocycles. The molecule has 0 fully saturated rings. The zero-order valence-electron chi connectivity index (χ0n) is 10.1. The maximum absolute atomic E-state index is 13.8. The number of rotatable bonds is 3. The van der Waals surface area contributed by atoms with Gasteiger partial charge in [-0.1, -0.05) is 17.7 Å². The fraction of sp³-hybridized carbons (Fsp3) is 0.308. The maximum atomic E-state index is 13.8. The topological polar surface area (TPSA) is 24.9 Å². The second kappa shape index (κ2) is 4.94. The Morgan fingerprint density at radius 1 is 1.35 bits per heavy atom. The van der Waals surface area contributed by atoms with E-state index in [2.05, 4.69) is 10.3 Å². The molecule has 0 saturated carbocycles. The molecule has 1 heterocycles. The molecular formula is C13H15FN2S. The molecule has 0 aliphatic carbocycles. The van der Waals surface area contributed by atoms with Crippen LogP contribution in [-0.2, 0) is 0 Å². The first kappa shape index (κ1) is 12.2. The number of thiazole rings is 1. The number of nitrogens with zero attached hydrogens (tertiary/aromatic N) is 1. The van der Waals surface area contributed by atoms with Crippen molar-refractivity contribution in [2.45, 2.75) is 19.9 Å². The first-order valence-corrected chi connectivity index (χ1v) is 6.29. The molecule has 0 bridgehead atoms. The van der Waals surface area contributed by atoms with E-state index in [-0.39, 0.29) is 11.9 Å². The van der Waals surface area contributed by atoms with Crippen LogP contribution in [0.3, 0.4) is 0 Å². The molecule has 0 aliphatic heterocycles. The fourth-order valence-electron chi connectivity index (χ4n) is 1.85. The lowest BCUT2D eigenvalue weighted by Crippen LogP contribution is -2.18. The Labute approximate surface area is 105 Å². The van der Waals surface area contributed by atoms with E-state index in [1.54, 1.807) is 17.4 Å². The van der Waals surface area contributed by atoms with Crippen LogP contribution in [0.2, 0.25) is 0 Å². The van der Waals surface area contributed by atoms with E-state index in [4.69, 9.17) is 0 Å². The number of hydrogen-bond donors (Lipinski definition) is 1. The smallest absolute Gasteiger partial charge is 0.128 e. The number of benzene rings is 1. The van der Waals surface area contributed by atoms with Gasteiger partial charge in [0.1, 0.15) is 5.82 Å². The van der Waals surface area contributed by atoms with E-state index in [9.17, 15) is 4.39 Å². The number of aromatic nitrogens is 1. The lowest BCUT2D eigenvalue weighted by Gasteiger charge is -2.16. The van der Waals surface area contributed by atoms with Crippen LogP contribution in [0.25, 0.3) is 0 Å². The highest BCUT2D eigenvalue weighted by molar-refractivity contribution is 7.11. The third-order valence-corrected chi connectivity index (χ3v) is 3.65. The van der Waals surface area contributed by atoms with Crippen molar-refractivity contribution >= 4 is 11.3 Å². The third kappa shape index (κ3) is 2.53. The molecule has 1 unspecified atom stereocenters. The molecule has 1 atom stereocenters. The van der Waals surface area contributed by atoms with Gasteiger partial charge in [-0.05, 0) is 27.0 Å². The van der Waals surface area contributed by atoms with E-state index in [0.29, 0.717) is 5.56 Å². The lowest BCUT2D eigenvalue weighted by molar-refractivity contribution is 0.578. The van der Waals surface area contributed by atoms with Gasteiger partial charge >= 0.3 is 0 Å². The summed E-state index contributed by atoms with van der Waals surface area (Å²) in [6, 6.07) is 5.05. The second-order valence-corrected chi connectivity index (χ2v) is 5.29. The summed E-state index contributed by atoms with van der Waals surface area (Å²) in [6.45, 7) is 3.92. The maximum Gasteiger partial charge on any atom is 0.128 e. The molecule has 1 aromatic carbocycles. The highest BCUT2D eigenvalue weighted by Crippen LogP contribution is 2.28. The van der Waals surface area contributed by atoms with Crippen LogP contribution in [0.4, 0.5) is 4.39 Å². The Hall–Kier alpha value is -1.26. The van der Waals surface area contributed by atoms with Crippen molar-refractivity contribution in [1.82, 2.24) is 10.3 Å². The van der Waals surface area contributed by atoms with Crippen molar-refractivity contribution in [3.8, 4) is 0 Å². The average Bonchev–Trinajstić information content (AvgIpc) is 2.71. The summed E-state index contributed by atoms with van der Waals surface area (Å²) in [5.41, 5.74) is 1.74. The van der Waals surface area contributed by atoms with Gasteiger partial charge < -0.3 is 5.32 Å². The van der Waals surface area contributed by atoms with E-state index in [0.717, 1.165) is 15.4 Å². The van der Waals surface area contributed by atoms with Crippen molar-refractivity contribution in [2.24, 2.45) is 0 Å². The Morgan fingerprint density at radius 2 is 2.12 bits per heavy atom. The Kier molecular flexibility index (Phi) is 3.54. The van der Waals surface area contributed by atoms with E-state index in [1.165, 1.54) is 6.07 Å². The van der Waals surface area contributed by atoms with Crippen LogP contribution >= 0.6 is 11.3 Å². The van der Waals surface area contributed by atoms with Crippen LogP contribution in [0.5, 0.6) is 0 Å². The Morgan fingerprint density at radius 3 is 2.71 bits per heavy atom. The molecule has 0 amide bonds. The summed E-state index contributed by atoms with van der Waals surface area (Å²) in [5, 5.41) is 4.14. The highest BCUT2D eigenvalue weighted by Gasteiger charge is 2.18. The second-order valence-electron chi connectivity index (χ2n) is 4.03. The van der Waals surface area contributed by atoms with Crippen molar-refractivity contribution in [3.63, 3.8) is 0 Å². The summed E-state index contributed by atoms with van der Waals surface area (Å²) >= 11 is 1.59. The largest absolute Gasteiger partial charge is 0.309 e. The van der Waals surface area contributed by atoms with E-state index < -0.39 is 0 Å². The highest BCUT2D eigenvalue weighted by atomic mass is 32.1. The van der Waals surface area contributed by atoms with Gasteiger partial charge in [0, 0.05) is 16.6 Å². The van der Waals surface area contributed by atoms with Crippen molar-refractivity contribution in [3.05, 3.63) is 51.2 Å². The molecule has 2 rings (SSSR count). The van der Waals surface area contributed by atoms with Gasteiger partial charge in [-0.25, -0.2) is 9.37 Å². The molecule has 2 nitrogen and oxygen atoms in total. The van der Waals surface area contributed by atoms with Gasteiger partial charge in [-0.15, -0.1) is 11.3 Å². The van der Waals surface area contributed by atoms with Crippen LogP contribution < -0.4 is 5.32 Å². The normalized spacial score (nSPS) is 12.7. The quantitative estimate of drug-likeness (QED) is 0.904. The van der Waals surface area contributed by atoms with Crippen molar-refractivity contribution in [1.29, 1.82) is 0 Å². The fourth-order valence-corrected chi connectivity index (χ4v) is 2.76. The summed E-state index contributed by atoms with van der Waals surface area (Å²) in [6.07, 6.45) is 1.81. The number of halogens is 1. The minimum absolute atomic E-state index is 0.124. The standard InChI is InChI=1S/C13H15FN2S/c1-8-4-5-11(14)10(6-8)13(15-3)12-7-16-9(2)17-12/h4-7,13,15H,1-3H3. The molecular weight excluding hydrogens is 235 g/mol. The number of nitrogens with one attached hydrogen (secondary N) is 1. The first-order chi connectivity index (χ1) is 8.11. The van der Waals surface area contributed by atoms with Gasteiger partial charge in [0.05, 0.1) is 11.0 Å². The van der Waals surface area contributed by atoms with Gasteiger partial charge in [0.2, 0.25) is 0 Å². The molecule has 0 saturated heterocycles. The zero-order chi connectivity index (χ0) is 12.4. The van der Waals surface area contributed by atoms with Crippen molar-refractivity contribution in [2.75, 3.05) is 7.05 Å². The monoisotopic (exact) mass is 250 g/mol. The minimum Gasteiger partial charge on any atom is -0.309 e. The van der Waals surface area contributed by atoms with E-state index in [1.807, 2.05) is 33.2 Å². The first-order valence-electron chi connectivity index (χ1n) is 5.47. The van der Waals surface area contributed by atoms with Crippen molar-refractivity contribution < 1.29 is 4.39 Å². The molecule has 0 radical (unpaired) electrons. The zero-order valence-corrected chi connectivity index (χ0v) is 10.9. The van der Waals surface area contributed by atoms with Gasteiger partial charge in [-0.3, -0.25) is 0 Å². The SMILES string of the molecule is CNC(c1cnc(C)s1)c1cc(C)ccc1F. The predicted octanol–water partition coefficient (Wildman–Crippen LogP) is 3.21. The number of hydrogen-bond acceptors (Lipinski definition) is 3. The molecule has 0 aliphatic rings. The van der Waals surface area contributed by atoms with Crippen LogP contribution in [0, 0.1) is 19.7 Å². The van der Waals surface area contributed by atoms with E-state index >= 15 is 0 Å². The molecule has 90 valence electrons. The molecule has 0 spiro atoms. The minimum atomic E-state index is -0.180. The lowest BCUT2D eigenvalue weighted by atomic mass is 10.0. The van der Waals surface area contributed by atoms with Gasteiger partial charge in [-0.2, -0.15) is 0 Å². The molecule has 1 N–H and O–H groups in total. The third-order valence-electron chi connectivity index (χ3n) is 2.67. The predicted molar refractivity (Wildman–Crippen MR) is 68.9 cm³/mol. The van der Waals surface area contributed by atoms with Crippen LogP contribution in [-0.4, -0.2) is 12.0 Å². The number of aryl methyl sites for hydroxylation is 2. The van der Waals surface area contributed by atoms with Crippen LogP contribution in [0.15, 0.2) is 24.4 Å². The molecule has 4 heteroatoms. The molecule has 2 aromatic rings. The van der Waals surface area contributed by atoms with Crippen LogP contribution in [0.1, 0.15) is 27.1 Å².